The van der Waals surface area contributed by atoms with Crippen molar-refractivity contribution in [1.82, 2.24) is 5.32 Å². The predicted octanol–water partition coefficient (Wildman–Crippen LogP) is 3.43. The van der Waals surface area contributed by atoms with Gasteiger partial charge in [-0.05, 0) is 51.5 Å². The van der Waals surface area contributed by atoms with Crippen LogP contribution in [-0.2, 0) is 0 Å². The second-order valence-corrected chi connectivity index (χ2v) is 7.46. The summed E-state index contributed by atoms with van der Waals surface area (Å²) in [5.41, 5.74) is 0.373. The normalized spacial score (nSPS) is 34.3. The van der Waals surface area contributed by atoms with Crippen LogP contribution in [0.3, 0.4) is 0 Å². The minimum absolute atomic E-state index is 0.136. The molecule has 1 aromatic rings. The molecule has 116 valence electrons. The molecule has 1 saturated carbocycles. The molecule has 3 rings (SSSR count). The molecular weight excluding hydrogens is 262 g/mol. The van der Waals surface area contributed by atoms with Crippen LogP contribution in [0.25, 0.3) is 0 Å². The smallest absolute Gasteiger partial charge is 0.125 e. The fourth-order valence-electron chi connectivity index (χ4n) is 3.65. The lowest BCUT2D eigenvalue weighted by Crippen LogP contribution is -2.48. The highest BCUT2D eigenvalue weighted by Crippen LogP contribution is 2.43. The van der Waals surface area contributed by atoms with E-state index in [0.717, 1.165) is 37.4 Å². The second-order valence-electron chi connectivity index (χ2n) is 7.46. The van der Waals surface area contributed by atoms with E-state index in [1.165, 1.54) is 5.56 Å². The van der Waals surface area contributed by atoms with Crippen molar-refractivity contribution in [2.45, 2.75) is 63.7 Å². The summed E-state index contributed by atoms with van der Waals surface area (Å²) in [5.74, 6) is 1.71. The lowest BCUT2D eigenvalue weighted by atomic mass is 9.79. The first-order valence-electron chi connectivity index (χ1n) is 8.13. The monoisotopic (exact) mass is 289 g/mol. The minimum Gasteiger partial charge on any atom is -0.486 e. The van der Waals surface area contributed by atoms with E-state index in [0.29, 0.717) is 6.54 Å². The number of hydrogen-bond acceptors (Lipinski definition) is 3. The highest BCUT2D eigenvalue weighted by Gasteiger charge is 2.42. The summed E-state index contributed by atoms with van der Waals surface area (Å²) in [6.07, 6.45) is 4.05. The van der Waals surface area contributed by atoms with Gasteiger partial charge in [-0.25, -0.2) is 0 Å². The van der Waals surface area contributed by atoms with E-state index < -0.39 is 5.60 Å². The molecule has 0 aromatic heterocycles. The molecule has 1 aliphatic heterocycles. The Morgan fingerprint density at radius 1 is 1.24 bits per heavy atom. The molecule has 2 N–H and O–H groups in total. The van der Waals surface area contributed by atoms with Gasteiger partial charge in [-0.3, -0.25) is 0 Å². The summed E-state index contributed by atoms with van der Waals surface area (Å²) in [5, 5.41) is 14.3. The molecular formula is C18H27NO2. The molecule has 1 aliphatic carbocycles. The van der Waals surface area contributed by atoms with E-state index in [9.17, 15) is 5.11 Å². The average molecular weight is 289 g/mol. The number of rotatable bonds is 3. The van der Waals surface area contributed by atoms with Crippen LogP contribution < -0.4 is 10.1 Å². The van der Waals surface area contributed by atoms with Gasteiger partial charge in [0, 0.05) is 12.1 Å². The first kappa shape index (κ1) is 14.9. The van der Waals surface area contributed by atoms with E-state index in [4.69, 9.17) is 4.74 Å². The van der Waals surface area contributed by atoms with Crippen molar-refractivity contribution >= 4 is 0 Å². The highest BCUT2D eigenvalue weighted by atomic mass is 16.5. The molecule has 3 nitrogen and oxygen atoms in total. The Morgan fingerprint density at radius 2 is 1.90 bits per heavy atom. The number of para-hydroxylation sites is 1. The number of fused-ring (bicyclic) bond motifs is 1. The van der Waals surface area contributed by atoms with Crippen LogP contribution in [-0.4, -0.2) is 22.9 Å². The van der Waals surface area contributed by atoms with Crippen LogP contribution in [0.15, 0.2) is 24.3 Å². The molecule has 3 heteroatoms. The molecule has 0 radical (unpaired) electrons. The zero-order valence-electron chi connectivity index (χ0n) is 13.4. The molecule has 1 atom stereocenters. The Bertz CT molecular complexity index is 504. The maximum Gasteiger partial charge on any atom is 0.125 e. The summed E-state index contributed by atoms with van der Waals surface area (Å²) in [7, 11) is 0. The molecule has 21 heavy (non-hydrogen) atoms. The number of ether oxygens (including phenoxy) is 1. The standard InChI is InChI=1S/C18H27NO2/c1-13-8-10-18(20,11-9-13)12-19-16-14-6-4-5-7-15(14)21-17(16,2)3/h4-7,13,16,19-20H,8-12H2,1-3H3. The van der Waals surface area contributed by atoms with Gasteiger partial charge in [0.05, 0.1) is 11.6 Å². The third-order valence-electron chi connectivity index (χ3n) is 5.14. The SMILES string of the molecule is CC1CCC(O)(CNC2c3ccccc3OC2(C)C)CC1. The van der Waals surface area contributed by atoms with E-state index in [1.54, 1.807) is 0 Å². The van der Waals surface area contributed by atoms with Crippen molar-refractivity contribution in [3.05, 3.63) is 29.8 Å². The average Bonchev–Trinajstić information content (AvgIpc) is 2.70. The first-order valence-corrected chi connectivity index (χ1v) is 8.13. The molecule has 0 saturated heterocycles. The number of hydrogen-bond donors (Lipinski definition) is 2. The van der Waals surface area contributed by atoms with Crippen molar-refractivity contribution in [2.24, 2.45) is 5.92 Å². The molecule has 0 spiro atoms. The predicted molar refractivity (Wildman–Crippen MR) is 84.5 cm³/mol. The largest absolute Gasteiger partial charge is 0.486 e. The quantitative estimate of drug-likeness (QED) is 0.896. The maximum absolute atomic E-state index is 10.8. The van der Waals surface area contributed by atoms with Gasteiger partial charge in [0.2, 0.25) is 0 Å². The van der Waals surface area contributed by atoms with E-state index in [1.807, 2.05) is 12.1 Å². The lowest BCUT2D eigenvalue weighted by Gasteiger charge is -2.37. The van der Waals surface area contributed by atoms with Crippen LogP contribution in [0, 0.1) is 5.92 Å². The van der Waals surface area contributed by atoms with E-state index >= 15 is 0 Å². The van der Waals surface area contributed by atoms with Gasteiger partial charge in [-0.2, -0.15) is 0 Å². The molecule has 1 heterocycles. The molecule has 1 aromatic carbocycles. The summed E-state index contributed by atoms with van der Waals surface area (Å²) in [6, 6.07) is 8.34. The van der Waals surface area contributed by atoms with Crippen molar-refractivity contribution in [1.29, 1.82) is 0 Å². The van der Waals surface area contributed by atoms with Crippen molar-refractivity contribution in [3.63, 3.8) is 0 Å². The summed E-state index contributed by atoms with van der Waals surface area (Å²) >= 11 is 0. The fourth-order valence-corrected chi connectivity index (χ4v) is 3.65. The number of benzene rings is 1. The third kappa shape index (κ3) is 2.95. The van der Waals surface area contributed by atoms with Gasteiger partial charge in [0.1, 0.15) is 11.4 Å². The van der Waals surface area contributed by atoms with Gasteiger partial charge >= 0.3 is 0 Å². The Morgan fingerprint density at radius 3 is 2.62 bits per heavy atom. The van der Waals surface area contributed by atoms with Gasteiger partial charge < -0.3 is 15.2 Å². The Hall–Kier alpha value is -1.06. The van der Waals surface area contributed by atoms with Gasteiger partial charge in [-0.15, -0.1) is 0 Å². The van der Waals surface area contributed by atoms with Gasteiger partial charge in [0.25, 0.3) is 0 Å². The van der Waals surface area contributed by atoms with Crippen LogP contribution in [0.5, 0.6) is 5.75 Å². The Labute approximate surface area is 127 Å². The van der Waals surface area contributed by atoms with Crippen LogP contribution >= 0.6 is 0 Å². The molecule has 1 unspecified atom stereocenters. The van der Waals surface area contributed by atoms with Crippen molar-refractivity contribution in [3.8, 4) is 5.75 Å². The second kappa shape index (κ2) is 5.29. The summed E-state index contributed by atoms with van der Waals surface area (Å²) in [6.45, 7) is 7.14. The number of nitrogens with one attached hydrogen (secondary N) is 1. The van der Waals surface area contributed by atoms with Crippen LogP contribution in [0.4, 0.5) is 0 Å². The number of aliphatic hydroxyl groups is 1. The lowest BCUT2D eigenvalue weighted by molar-refractivity contribution is -0.0142. The Kier molecular flexibility index (Phi) is 3.74. The van der Waals surface area contributed by atoms with E-state index in [-0.39, 0.29) is 11.6 Å². The topological polar surface area (TPSA) is 41.5 Å². The van der Waals surface area contributed by atoms with Crippen LogP contribution in [0.1, 0.15) is 58.1 Å². The van der Waals surface area contributed by atoms with Gasteiger partial charge in [0.15, 0.2) is 0 Å². The zero-order valence-corrected chi connectivity index (χ0v) is 13.4. The minimum atomic E-state index is -0.555. The highest BCUT2D eigenvalue weighted by molar-refractivity contribution is 5.42. The van der Waals surface area contributed by atoms with Crippen LogP contribution in [0.2, 0.25) is 0 Å². The van der Waals surface area contributed by atoms with Gasteiger partial charge in [-0.1, -0.05) is 25.1 Å². The molecule has 2 aliphatic rings. The molecule has 0 amide bonds. The summed E-state index contributed by atoms with van der Waals surface area (Å²) in [4.78, 5) is 0. The molecule has 1 fully saturated rings. The first-order chi connectivity index (χ1) is 9.90. The maximum atomic E-state index is 10.8. The molecule has 0 bridgehead atoms. The Balaban J connectivity index is 1.70. The van der Waals surface area contributed by atoms with E-state index in [2.05, 4.69) is 38.2 Å². The van der Waals surface area contributed by atoms with Crippen molar-refractivity contribution < 1.29 is 9.84 Å². The summed E-state index contributed by atoms with van der Waals surface area (Å²) < 4.78 is 6.05. The zero-order chi connectivity index (χ0) is 15.1. The third-order valence-corrected chi connectivity index (χ3v) is 5.14. The fraction of sp³-hybridized carbons (Fsp3) is 0.667. The van der Waals surface area contributed by atoms with Crippen molar-refractivity contribution in [2.75, 3.05) is 6.54 Å².